The van der Waals surface area contributed by atoms with Crippen molar-refractivity contribution < 1.29 is 4.39 Å². The van der Waals surface area contributed by atoms with E-state index in [0.717, 1.165) is 38.0 Å². The molecule has 20 heavy (non-hydrogen) atoms. The summed E-state index contributed by atoms with van der Waals surface area (Å²) in [4.78, 5) is 2.14. The Kier molecular flexibility index (Phi) is 6.47. The molecule has 0 aliphatic heterocycles. The Labute approximate surface area is 121 Å². The molecule has 0 radical (unpaired) electrons. The third-order valence-corrected chi connectivity index (χ3v) is 3.88. The van der Waals surface area contributed by atoms with Crippen LogP contribution in [0.3, 0.4) is 0 Å². The standard InChI is InChI=1S/C16H24FN3/c1-4-16(13-18,19-3)10-7-11-20(5-2)15-9-6-8-14(17)12-15/h6,8-9,12,19H,4-5,7,10-11H2,1-3H3. The summed E-state index contributed by atoms with van der Waals surface area (Å²) in [6.45, 7) is 5.73. The average Bonchev–Trinajstić information content (AvgIpc) is 2.48. The third kappa shape index (κ3) is 4.21. The predicted molar refractivity (Wildman–Crippen MR) is 81.2 cm³/mol. The van der Waals surface area contributed by atoms with Crippen LogP contribution >= 0.6 is 0 Å². The fraction of sp³-hybridized carbons (Fsp3) is 0.562. The minimum absolute atomic E-state index is 0.212. The van der Waals surface area contributed by atoms with E-state index in [0.29, 0.717) is 0 Å². The van der Waals surface area contributed by atoms with Crippen molar-refractivity contribution in [2.75, 3.05) is 25.0 Å². The van der Waals surface area contributed by atoms with Crippen LogP contribution in [0, 0.1) is 17.1 Å². The lowest BCUT2D eigenvalue weighted by molar-refractivity contribution is 0.392. The van der Waals surface area contributed by atoms with E-state index in [-0.39, 0.29) is 5.82 Å². The van der Waals surface area contributed by atoms with Gasteiger partial charge in [0.2, 0.25) is 0 Å². The van der Waals surface area contributed by atoms with Gasteiger partial charge < -0.3 is 10.2 Å². The molecule has 0 saturated heterocycles. The van der Waals surface area contributed by atoms with Gasteiger partial charge in [-0.05, 0) is 51.4 Å². The SMILES string of the molecule is CCN(CCCC(C#N)(CC)NC)c1cccc(F)c1. The van der Waals surface area contributed by atoms with Gasteiger partial charge in [0.25, 0.3) is 0 Å². The van der Waals surface area contributed by atoms with Crippen LogP contribution in [0.2, 0.25) is 0 Å². The summed E-state index contributed by atoms with van der Waals surface area (Å²) in [7, 11) is 1.83. The molecule has 1 N–H and O–H groups in total. The van der Waals surface area contributed by atoms with E-state index >= 15 is 0 Å². The highest BCUT2D eigenvalue weighted by Crippen LogP contribution is 2.19. The lowest BCUT2D eigenvalue weighted by atomic mass is 9.92. The van der Waals surface area contributed by atoms with Gasteiger partial charge in [0.05, 0.1) is 6.07 Å². The zero-order chi connectivity index (χ0) is 15.0. The van der Waals surface area contributed by atoms with E-state index in [4.69, 9.17) is 0 Å². The lowest BCUT2D eigenvalue weighted by Gasteiger charge is -2.27. The van der Waals surface area contributed by atoms with E-state index in [2.05, 4.69) is 23.2 Å². The van der Waals surface area contributed by atoms with Gasteiger partial charge in [-0.1, -0.05) is 13.0 Å². The lowest BCUT2D eigenvalue weighted by Crippen LogP contribution is -2.41. The molecular weight excluding hydrogens is 253 g/mol. The molecular formula is C16H24FN3. The van der Waals surface area contributed by atoms with Crippen LogP contribution in [0.15, 0.2) is 24.3 Å². The first-order valence-corrected chi connectivity index (χ1v) is 7.21. The van der Waals surface area contributed by atoms with Crippen LogP contribution < -0.4 is 10.2 Å². The molecule has 0 heterocycles. The minimum atomic E-state index is -0.443. The average molecular weight is 277 g/mol. The van der Waals surface area contributed by atoms with Crippen LogP contribution in [0.25, 0.3) is 0 Å². The van der Waals surface area contributed by atoms with Gasteiger partial charge >= 0.3 is 0 Å². The van der Waals surface area contributed by atoms with Crippen LogP contribution in [0.5, 0.6) is 0 Å². The molecule has 0 bridgehead atoms. The van der Waals surface area contributed by atoms with E-state index in [1.165, 1.54) is 6.07 Å². The number of halogens is 1. The topological polar surface area (TPSA) is 39.1 Å². The number of hydrogen-bond acceptors (Lipinski definition) is 3. The second kappa shape index (κ2) is 7.86. The number of anilines is 1. The highest BCUT2D eigenvalue weighted by Gasteiger charge is 2.25. The summed E-state index contributed by atoms with van der Waals surface area (Å²) in [5, 5.41) is 12.4. The van der Waals surface area contributed by atoms with Gasteiger partial charge in [-0.15, -0.1) is 0 Å². The molecule has 0 fully saturated rings. The van der Waals surface area contributed by atoms with Crippen molar-refractivity contribution >= 4 is 5.69 Å². The number of hydrogen-bond donors (Lipinski definition) is 1. The smallest absolute Gasteiger partial charge is 0.125 e. The van der Waals surface area contributed by atoms with Gasteiger partial charge in [0.15, 0.2) is 0 Å². The monoisotopic (exact) mass is 277 g/mol. The maximum atomic E-state index is 13.3. The second-order valence-corrected chi connectivity index (χ2v) is 4.96. The van der Waals surface area contributed by atoms with Crippen LogP contribution in [-0.2, 0) is 0 Å². The Morgan fingerprint density at radius 2 is 2.15 bits per heavy atom. The third-order valence-electron chi connectivity index (χ3n) is 3.88. The molecule has 1 aromatic carbocycles. The number of nitrogens with one attached hydrogen (secondary N) is 1. The Hall–Kier alpha value is -1.60. The number of nitriles is 1. The summed E-state index contributed by atoms with van der Waals surface area (Å²) in [5.41, 5.74) is 0.456. The highest BCUT2D eigenvalue weighted by molar-refractivity contribution is 5.46. The molecule has 1 atom stereocenters. The number of rotatable bonds is 8. The molecule has 1 unspecified atom stereocenters. The molecule has 1 rings (SSSR count). The molecule has 0 saturated carbocycles. The zero-order valence-electron chi connectivity index (χ0n) is 12.6. The Balaban J connectivity index is 2.61. The van der Waals surface area contributed by atoms with Gasteiger partial charge in [-0.2, -0.15) is 5.26 Å². The van der Waals surface area contributed by atoms with Crippen molar-refractivity contribution in [3.63, 3.8) is 0 Å². The molecule has 0 aliphatic rings. The maximum Gasteiger partial charge on any atom is 0.125 e. The van der Waals surface area contributed by atoms with E-state index in [9.17, 15) is 9.65 Å². The molecule has 1 aromatic rings. The van der Waals surface area contributed by atoms with Crippen LogP contribution in [0.4, 0.5) is 10.1 Å². The first kappa shape index (κ1) is 16.5. The van der Waals surface area contributed by atoms with Crippen molar-refractivity contribution in [2.45, 2.75) is 38.6 Å². The van der Waals surface area contributed by atoms with Crippen molar-refractivity contribution in [2.24, 2.45) is 0 Å². The van der Waals surface area contributed by atoms with Crippen LogP contribution in [-0.4, -0.2) is 25.7 Å². The molecule has 0 aliphatic carbocycles. The van der Waals surface area contributed by atoms with Crippen molar-refractivity contribution in [1.82, 2.24) is 5.32 Å². The van der Waals surface area contributed by atoms with Gasteiger partial charge in [-0.25, -0.2) is 4.39 Å². The van der Waals surface area contributed by atoms with Gasteiger partial charge in [0, 0.05) is 18.8 Å². The van der Waals surface area contributed by atoms with E-state index in [1.807, 2.05) is 20.0 Å². The first-order chi connectivity index (χ1) is 9.60. The van der Waals surface area contributed by atoms with E-state index in [1.54, 1.807) is 12.1 Å². The molecule has 110 valence electrons. The summed E-state index contributed by atoms with van der Waals surface area (Å²) >= 11 is 0. The Bertz CT molecular complexity index is 449. The first-order valence-electron chi connectivity index (χ1n) is 7.21. The maximum absolute atomic E-state index is 13.3. The Morgan fingerprint density at radius 1 is 1.40 bits per heavy atom. The van der Waals surface area contributed by atoms with Crippen LogP contribution in [0.1, 0.15) is 33.1 Å². The van der Waals surface area contributed by atoms with Crippen molar-refractivity contribution in [1.29, 1.82) is 5.26 Å². The quantitative estimate of drug-likeness (QED) is 0.792. The second-order valence-electron chi connectivity index (χ2n) is 4.96. The van der Waals surface area contributed by atoms with Gasteiger partial charge in [-0.3, -0.25) is 0 Å². The normalized spacial score (nSPS) is 13.6. The molecule has 3 nitrogen and oxygen atoms in total. The van der Waals surface area contributed by atoms with Crippen molar-refractivity contribution in [3.8, 4) is 6.07 Å². The summed E-state index contributed by atoms with van der Waals surface area (Å²) < 4.78 is 13.3. The van der Waals surface area contributed by atoms with Gasteiger partial charge in [0.1, 0.15) is 11.4 Å². The Morgan fingerprint density at radius 3 is 2.65 bits per heavy atom. The fourth-order valence-corrected chi connectivity index (χ4v) is 2.38. The number of nitrogens with zero attached hydrogens (tertiary/aromatic N) is 2. The van der Waals surface area contributed by atoms with E-state index < -0.39 is 5.54 Å². The largest absolute Gasteiger partial charge is 0.372 e. The van der Waals surface area contributed by atoms with Crippen molar-refractivity contribution in [3.05, 3.63) is 30.1 Å². The zero-order valence-corrected chi connectivity index (χ0v) is 12.6. The summed E-state index contributed by atoms with van der Waals surface area (Å²) in [6.07, 6.45) is 2.47. The fourth-order valence-electron chi connectivity index (χ4n) is 2.38. The highest BCUT2D eigenvalue weighted by atomic mass is 19.1. The molecule has 0 spiro atoms. The number of benzene rings is 1. The molecule has 0 aromatic heterocycles. The summed E-state index contributed by atoms with van der Waals surface area (Å²) in [6, 6.07) is 9.02. The summed E-state index contributed by atoms with van der Waals surface area (Å²) in [5.74, 6) is -0.212. The molecule has 0 amide bonds. The molecule has 4 heteroatoms. The minimum Gasteiger partial charge on any atom is -0.372 e. The predicted octanol–water partition coefficient (Wildman–Crippen LogP) is 3.32.